The van der Waals surface area contributed by atoms with Crippen LogP contribution in [0, 0.1) is 0 Å². The fourth-order valence-corrected chi connectivity index (χ4v) is 4.60. The quantitative estimate of drug-likeness (QED) is 0.0391. The maximum absolute atomic E-state index is 10.0. The van der Waals surface area contributed by atoms with Crippen molar-refractivity contribution in [2.45, 2.75) is 217 Å². The van der Waals surface area contributed by atoms with Crippen molar-refractivity contribution in [3.05, 3.63) is 0 Å². The molecule has 0 aliphatic heterocycles. The predicted molar refractivity (Wildman–Crippen MR) is 235 cm³/mol. The van der Waals surface area contributed by atoms with Gasteiger partial charge in [0.15, 0.2) is 0 Å². The SMILES string of the molecule is CC(O)CC(O)CCC(=O)O.CC(O)CCC(O)CC(=O)O.CCC(O)C(O)CCC(=O)O.CCC(O)CC(O)CC(=O)O.O=C(O)CC(O)CCCCO.O=C(O)CCC(O)CCCO. The number of unbranched alkanes of at least 4 members (excludes halogenated alkanes) is 1. The summed E-state index contributed by atoms with van der Waals surface area (Å²) < 4.78 is 0. The highest BCUT2D eigenvalue weighted by atomic mass is 16.4. The second-order valence-corrected chi connectivity index (χ2v) is 15.3. The second-order valence-electron chi connectivity index (χ2n) is 15.3. The van der Waals surface area contributed by atoms with Crippen molar-refractivity contribution in [3.63, 3.8) is 0 Å². The molecule has 0 amide bonds. The Morgan fingerprint density at radius 3 is 1.11 bits per heavy atom. The second kappa shape index (κ2) is 50.7. The molecule has 18 N–H and O–H groups in total. The first-order chi connectivity index (χ1) is 30.5. The van der Waals surface area contributed by atoms with Crippen LogP contribution in [0.3, 0.4) is 0 Å². The molecule has 0 bridgehead atoms. The molecule has 0 saturated heterocycles. The van der Waals surface area contributed by atoms with Crippen molar-refractivity contribution >= 4 is 35.8 Å². The molecule has 10 unspecified atom stereocenters. The van der Waals surface area contributed by atoms with Crippen molar-refractivity contribution in [2.75, 3.05) is 13.2 Å². The van der Waals surface area contributed by atoms with Crippen LogP contribution >= 0.6 is 0 Å². The van der Waals surface area contributed by atoms with E-state index in [1.807, 2.05) is 0 Å². The lowest BCUT2D eigenvalue weighted by Crippen LogP contribution is -2.25. The van der Waals surface area contributed by atoms with Gasteiger partial charge in [0.25, 0.3) is 0 Å². The summed E-state index contributed by atoms with van der Waals surface area (Å²) in [6.07, 6.45) is -2.56. The standard InChI is InChI=1S/6C7H14O4/c1-5(8)4-6(9)2-3-7(10)11;1-5(8)2-3-6(9)4-7(10)11;1-2-5(8)3-6(9)4-7(10)11;1-2-5(8)6(9)3-4-7(10)11;8-5-1-2-6(9)3-4-7(10)11;8-4-2-1-3-6(9)5-7(10)11/h4*5-6,8-9H,2-4H2,1H3,(H,10,11);2*6,8-9H,1-5H2,(H,10,11). The Hall–Kier alpha value is -3.66. The number of carboxylic acid groups (broad SMARTS) is 6. The molecule has 396 valence electrons. The minimum atomic E-state index is -1.04. The average Bonchev–Trinajstić information content (AvgIpc) is 3.19. The van der Waals surface area contributed by atoms with Gasteiger partial charge in [-0.05, 0) is 104 Å². The largest absolute Gasteiger partial charge is 0.481 e. The van der Waals surface area contributed by atoms with E-state index in [1.54, 1.807) is 27.7 Å². The van der Waals surface area contributed by atoms with Crippen molar-refractivity contribution in [1.29, 1.82) is 0 Å². The van der Waals surface area contributed by atoms with E-state index >= 15 is 0 Å². The maximum atomic E-state index is 10.0. The molecule has 0 saturated carbocycles. The van der Waals surface area contributed by atoms with Crippen LogP contribution in [0.2, 0.25) is 0 Å². The molecular formula is C42H84O24. The Balaban J connectivity index is -0.000000164. The Labute approximate surface area is 386 Å². The van der Waals surface area contributed by atoms with Gasteiger partial charge in [-0.3, -0.25) is 28.8 Å². The monoisotopic (exact) mass is 973 g/mol. The lowest BCUT2D eigenvalue weighted by atomic mass is 10.1. The lowest BCUT2D eigenvalue weighted by molar-refractivity contribution is -0.140. The number of aliphatic carboxylic acids is 6. The van der Waals surface area contributed by atoms with Gasteiger partial charge < -0.3 is 91.9 Å². The number of aliphatic hydroxyl groups excluding tert-OH is 12. The Morgan fingerprint density at radius 2 is 0.742 bits per heavy atom. The van der Waals surface area contributed by atoms with Crippen molar-refractivity contribution in [1.82, 2.24) is 0 Å². The average molecular weight is 973 g/mol. The number of hydrogen-bond donors (Lipinski definition) is 18. The van der Waals surface area contributed by atoms with E-state index in [0.717, 1.165) is 0 Å². The Kier molecular flexibility index (Phi) is 56.8. The summed E-state index contributed by atoms with van der Waals surface area (Å²) in [6, 6.07) is 0. The van der Waals surface area contributed by atoms with E-state index in [9.17, 15) is 28.8 Å². The van der Waals surface area contributed by atoms with Crippen LogP contribution in [0.1, 0.15) is 156 Å². The third-order valence-electron chi connectivity index (χ3n) is 8.32. The maximum Gasteiger partial charge on any atom is 0.305 e. The minimum Gasteiger partial charge on any atom is -0.481 e. The van der Waals surface area contributed by atoms with Gasteiger partial charge in [-0.15, -0.1) is 0 Å². The molecule has 0 spiro atoms. The van der Waals surface area contributed by atoms with Gasteiger partial charge in [0.2, 0.25) is 0 Å². The van der Waals surface area contributed by atoms with Gasteiger partial charge in [-0.1, -0.05) is 13.8 Å². The molecule has 0 aromatic rings. The topological polar surface area (TPSA) is 467 Å². The summed E-state index contributed by atoms with van der Waals surface area (Å²) in [6.45, 7) is 6.81. The number of carbonyl (C=O) groups is 6. The number of carboxylic acids is 6. The third-order valence-corrected chi connectivity index (χ3v) is 8.32. The van der Waals surface area contributed by atoms with E-state index < -0.39 is 96.9 Å². The van der Waals surface area contributed by atoms with E-state index in [2.05, 4.69) is 0 Å². The highest BCUT2D eigenvalue weighted by molar-refractivity contribution is 5.68. The first kappa shape index (κ1) is 73.9. The van der Waals surface area contributed by atoms with Gasteiger partial charge in [0.05, 0.1) is 80.3 Å². The van der Waals surface area contributed by atoms with Crippen molar-refractivity contribution in [3.8, 4) is 0 Å². The molecule has 0 fully saturated rings. The summed E-state index contributed by atoms with van der Waals surface area (Å²) in [5.41, 5.74) is 0. The molecule has 0 radical (unpaired) electrons. The van der Waals surface area contributed by atoms with E-state index in [1.165, 1.54) is 0 Å². The summed E-state index contributed by atoms with van der Waals surface area (Å²) >= 11 is 0. The van der Waals surface area contributed by atoms with Gasteiger partial charge in [0, 0.05) is 32.5 Å². The normalized spacial score (nSPS) is 14.9. The number of aliphatic hydroxyl groups is 12. The lowest BCUT2D eigenvalue weighted by Gasteiger charge is -2.14. The molecular weight excluding hydrogens is 888 g/mol. The summed E-state index contributed by atoms with van der Waals surface area (Å²) in [5, 5.41) is 156. The van der Waals surface area contributed by atoms with E-state index in [4.69, 9.17) is 91.9 Å². The highest BCUT2D eigenvalue weighted by Crippen LogP contribution is 2.08. The molecule has 0 heterocycles. The van der Waals surface area contributed by atoms with Gasteiger partial charge in [0.1, 0.15) is 0 Å². The first-order valence-electron chi connectivity index (χ1n) is 21.8. The molecule has 66 heavy (non-hydrogen) atoms. The van der Waals surface area contributed by atoms with Gasteiger partial charge in [-0.2, -0.15) is 0 Å². The van der Waals surface area contributed by atoms with Crippen LogP contribution in [0.15, 0.2) is 0 Å². The molecule has 0 aromatic heterocycles. The zero-order chi connectivity index (χ0) is 52.8. The molecule has 24 nitrogen and oxygen atoms in total. The molecule has 0 aliphatic carbocycles. The molecule has 0 rings (SSSR count). The van der Waals surface area contributed by atoms with Crippen LogP contribution in [-0.4, -0.2) is 202 Å². The van der Waals surface area contributed by atoms with E-state index in [0.29, 0.717) is 57.8 Å². The van der Waals surface area contributed by atoms with Crippen molar-refractivity contribution in [2.24, 2.45) is 0 Å². The Morgan fingerprint density at radius 1 is 0.348 bits per heavy atom. The first-order valence-corrected chi connectivity index (χ1v) is 21.8. The number of hydrogen-bond acceptors (Lipinski definition) is 18. The highest BCUT2D eigenvalue weighted by Gasteiger charge is 2.16. The smallest absolute Gasteiger partial charge is 0.305 e. The fraction of sp³-hybridized carbons (Fsp3) is 0.857. The minimum absolute atomic E-state index is 0.00735. The molecule has 24 heteroatoms. The van der Waals surface area contributed by atoms with Crippen LogP contribution in [0.25, 0.3) is 0 Å². The van der Waals surface area contributed by atoms with Crippen LogP contribution in [0.5, 0.6) is 0 Å². The van der Waals surface area contributed by atoms with Gasteiger partial charge >= 0.3 is 35.8 Å². The molecule has 0 aliphatic rings. The zero-order valence-electron chi connectivity index (χ0n) is 38.8. The molecule has 0 aromatic carbocycles. The Bertz CT molecular complexity index is 1170. The predicted octanol–water partition coefficient (Wildman–Crippen LogP) is -0.0988. The van der Waals surface area contributed by atoms with Crippen LogP contribution in [-0.2, 0) is 28.8 Å². The van der Waals surface area contributed by atoms with Crippen LogP contribution < -0.4 is 0 Å². The van der Waals surface area contributed by atoms with E-state index in [-0.39, 0.29) is 83.8 Å². The third kappa shape index (κ3) is 74.7. The van der Waals surface area contributed by atoms with Crippen molar-refractivity contribution < 1.29 is 121 Å². The van der Waals surface area contributed by atoms with Crippen LogP contribution in [0.4, 0.5) is 0 Å². The zero-order valence-corrected chi connectivity index (χ0v) is 38.8. The van der Waals surface area contributed by atoms with Gasteiger partial charge in [-0.25, -0.2) is 0 Å². The molecule has 10 atom stereocenters. The summed E-state index contributed by atoms with van der Waals surface area (Å²) in [5.74, 6) is -5.81. The number of rotatable bonds is 32. The summed E-state index contributed by atoms with van der Waals surface area (Å²) in [4.78, 5) is 60.2. The fourth-order valence-electron chi connectivity index (χ4n) is 4.60. The summed E-state index contributed by atoms with van der Waals surface area (Å²) in [7, 11) is 0.